The zero-order chi connectivity index (χ0) is 22.4. The van der Waals surface area contributed by atoms with E-state index in [1.165, 1.54) is 38.6 Å². The highest BCUT2D eigenvalue weighted by atomic mass is 28.3. The normalized spacial score (nSPS) is 16.6. The average Bonchev–Trinajstić information content (AvgIpc) is 2.80. The molecule has 0 bridgehead atoms. The summed E-state index contributed by atoms with van der Waals surface area (Å²) in [6.07, 6.45) is 1.10. The third kappa shape index (κ3) is 4.22. The van der Waals surface area contributed by atoms with Gasteiger partial charge in [-0.05, 0) is 77.2 Å². The van der Waals surface area contributed by atoms with Crippen LogP contribution in [0.25, 0.3) is 0 Å². The quantitative estimate of drug-likeness (QED) is 0.470. The van der Waals surface area contributed by atoms with Gasteiger partial charge >= 0.3 is 0 Å². The summed E-state index contributed by atoms with van der Waals surface area (Å²) in [7, 11) is -0.589. The molecule has 1 aliphatic rings. The SMILES string of the molecule is CC1=C(C)C(Cc2cc(C)ccc2C)([Si]c2cc(C)cc([Si](C)(C)C)c2)C(C)=C1C. The lowest BCUT2D eigenvalue weighted by Gasteiger charge is -2.35. The first-order valence-electron chi connectivity index (χ1n) is 11.2. The standard InChI is InChI=1S/C28H38Si2/c1-18-11-12-20(3)25(13-18)17-28(23(6)21(4)22(5)24(28)7)29-26-14-19(2)15-27(16-26)30(8,9)10/h11-16H,17H2,1-10H3. The summed E-state index contributed by atoms with van der Waals surface area (Å²) in [6, 6.07) is 14.3. The van der Waals surface area contributed by atoms with Crippen molar-refractivity contribution < 1.29 is 0 Å². The second-order valence-corrected chi connectivity index (χ2v) is 17.2. The van der Waals surface area contributed by atoms with E-state index < -0.39 is 8.07 Å². The Morgan fingerprint density at radius 3 is 1.90 bits per heavy atom. The number of hydrogen-bond acceptors (Lipinski definition) is 0. The van der Waals surface area contributed by atoms with Crippen molar-refractivity contribution in [3.05, 3.63) is 80.9 Å². The molecule has 0 aromatic heterocycles. The molecule has 0 nitrogen and oxygen atoms in total. The van der Waals surface area contributed by atoms with Crippen LogP contribution in [0.2, 0.25) is 24.7 Å². The predicted molar refractivity (Wildman–Crippen MR) is 139 cm³/mol. The molecule has 30 heavy (non-hydrogen) atoms. The highest BCUT2D eigenvalue weighted by Crippen LogP contribution is 2.54. The Balaban J connectivity index is 2.16. The van der Waals surface area contributed by atoms with E-state index in [-0.39, 0.29) is 5.04 Å². The number of benzene rings is 2. The maximum Gasteiger partial charge on any atom is 0.0987 e. The van der Waals surface area contributed by atoms with Crippen molar-refractivity contribution in [2.75, 3.05) is 0 Å². The minimum atomic E-state index is -1.35. The average molecular weight is 431 g/mol. The Kier molecular flexibility index (Phi) is 6.24. The van der Waals surface area contributed by atoms with Crippen molar-refractivity contribution in [1.82, 2.24) is 0 Å². The monoisotopic (exact) mass is 430 g/mol. The van der Waals surface area contributed by atoms with Crippen molar-refractivity contribution >= 4 is 28.0 Å². The molecule has 0 heterocycles. The molecular weight excluding hydrogens is 392 g/mol. The van der Waals surface area contributed by atoms with E-state index in [2.05, 4.69) is 105 Å². The van der Waals surface area contributed by atoms with Crippen LogP contribution in [-0.4, -0.2) is 17.6 Å². The predicted octanol–water partition coefficient (Wildman–Crippen LogP) is 6.57. The summed E-state index contributed by atoms with van der Waals surface area (Å²) in [5.41, 5.74) is 11.9. The summed E-state index contributed by atoms with van der Waals surface area (Å²) in [6.45, 7) is 23.6. The van der Waals surface area contributed by atoms with Crippen LogP contribution in [0.4, 0.5) is 0 Å². The number of allylic oxidation sites excluding steroid dienone is 4. The first-order valence-corrected chi connectivity index (χ1v) is 15.7. The van der Waals surface area contributed by atoms with E-state index in [4.69, 9.17) is 0 Å². The summed E-state index contributed by atoms with van der Waals surface area (Å²) in [5.74, 6) is 0. The number of hydrogen-bond donors (Lipinski definition) is 0. The molecule has 0 N–H and O–H groups in total. The van der Waals surface area contributed by atoms with E-state index in [1.807, 2.05) is 0 Å². The fraction of sp³-hybridized carbons (Fsp3) is 0.429. The Labute approximate surface area is 188 Å². The topological polar surface area (TPSA) is 0 Å². The smallest absolute Gasteiger partial charge is 0.0656 e. The van der Waals surface area contributed by atoms with Crippen molar-refractivity contribution in [2.45, 2.75) is 79.6 Å². The molecule has 0 saturated heterocycles. The van der Waals surface area contributed by atoms with E-state index in [0.717, 1.165) is 15.9 Å². The lowest BCUT2D eigenvalue weighted by atomic mass is 9.86. The third-order valence-electron chi connectivity index (χ3n) is 7.23. The first-order chi connectivity index (χ1) is 13.8. The molecule has 2 aromatic carbocycles. The van der Waals surface area contributed by atoms with Crippen LogP contribution in [-0.2, 0) is 6.42 Å². The highest BCUT2D eigenvalue weighted by molar-refractivity contribution is 6.89. The Morgan fingerprint density at radius 2 is 1.33 bits per heavy atom. The maximum atomic E-state index is 2.53. The molecule has 3 rings (SSSR count). The molecule has 0 spiro atoms. The minimum Gasteiger partial charge on any atom is -0.0656 e. The van der Waals surface area contributed by atoms with E-state index in [0.29, 0.717) is 0 Å². The molecule has 0 atom stereocenters. The lowest BCUT2D eigenvalue weighted by Crippen LogP contribution is -2.42. The Morgan fingerprint density at radius 1 is 0.733 bits per heavy atom. The molecule has 1 aliphatic carbocycles. The van der Waals surface area contributed by atoms with Gasteiger partial charge in [0.05, 0.1) is 17.6 Å². The highest BCUT2D eigenvalue weighted by Gasteiger charge is 2.41. The lowest BCUT2D eigenvalue weighted by molar-refractivity contribution is 0.732. The molecule has 2 heteroatoms. The largest absolute Gasteiger partial charge is 0.0987 e. The number of aryl methyl sites for hydroxylation is 3. The molecule has 0 aliphatic heterocycles. The zero-order valence-electron chi connectivity index (χ0n) is 20.7. The molecular formula is C28H38Si2. The van der Waals surface area contributed by atoms with Crippen molar-refractivity contribution in [2.24, 2.45) is 0 Å². The van der Waals surface area contributed by atoms with Gasteiger partial charge in [-0.3, -0.25) is 0 Å². The number of rotatable bonds is 5. The fourth-order valence-electron chi connectivity index (χ4n) is 4.79. The molecule has 2 radical (unpaired) electrons. The molecule has 0 fully saturated rings. The molecule has 158 valence electrons. The van der Waals surface area contributed by atoms with Gasteiger partial charge in [0.15, 0.2) is 0 Å². The Hall–Kier alpha value is -1.65. The second kappa shape index (κ2) is 8.13. The second-order valence-electron chi connectivity index (χ2n) is 10.5. The van der Waals surface area contributed by atoms with E-state index in [9.17, 15) is 0 Å². The molecule has 2 aromatic rings. The molecule has 0 saturated carbocycles. The maximum absolute atomic E-state index is 2.53. The molecule has 0 amide bonds. The van der Waals surface area contributed by atoms with E-state index >= 15 is 0 Å². The van der Waals surface area contributed by atoms with Crippen molar-refractivity contribution in [3.63, 3.8) is 0 Å². The van der Waals surface area contributed by atoms with Gasteiger partial charge in [0.1, 0.15) is 0 Å². The van der Waals surface area contributed by atoms with Gasteiger partial charge < -0.3 is 0 Å². The van der Waals surface area contributed by atoms with E-state index in [1.54, 1.807) is 16.3 Å². The van der Waals surface area contributed by atoms with Gasteiger partial charge in [0, 0.05) is 5.04 Å². The first kappa shape index (κ1) is 23.0. The Bertz CT molecular complexity index is 1020. The zero-order valence-corrected chi connectivity index (χ0v) is 22.7. The van der Waals surface area contributed by atoms with Gasteiger partial charge in [0.2, 0.25) is 0 Å². The van der Waals surface area contributed by atoms with Gasteiger partial charge in [-0.1, -0.05) is 88.7 Å². The minimum absolute atomic E-state index is 0.108. The van der Waals surface area contributed by atoms with Gasteiger partial charge in [-0.15, -0.1) is 0 Å². The van der Waals surface area contributed by atoms with Crippen LogP contribution in [0.5, 0.6) is 0 Å². The fourth-order valence-corrected chi connectivity index (χ4v) is 8.23. The van der Waals surface area contributed by atoms with Crippen molar-refractivity contribution in [1.29, 1.82) is 0 Å². The van der Waals surface area contributed by atoms with Crippen LogP contribution in [0, 0.1) is 20.8 Å². The summed E-state index contributed by atoms with van der Waals surface area (Å²) in [5, 5.41) is 3.22. The van der Waals surface area contributed by atoms with Crippen LogP contribution in [0.3, 0.4) is 0 Å². The van der Waals surface area contributed by atoms with Crippen molar-refractivity contribution in [3.8, 4) is 0 Å². The third-order valence-corrected chi connectivity index (χ3v) is 11.2. The van der Waals surface area contributed by atoms with Crippen LogP contribution in [0.15, 0.2) is 58.7 Å². The van der Waals surface area contributed by atoms with Gasteiger partial charge in [-0.25, -0.2) is 0 Å². The van der Waals surface area contributed by atoms with Crippen LogP contribution >= 0.6 is 0 Å². The molecule has 0 unspecified atom stereocenters. The summed E-state index contributed by atoms with van der Waals surface area (Å²) in [4.78, 5) is 0. The van der Waals surface area contributed by atoms with Crippen LogP contribution < -0.4 is 10.4 Å². The van der Waals surface area contributed by atoms with Crippen LogP contribution in [0.1, 0.15) is 49.9 Å². The van der Waals surface area contributed by atoms with Gasteiger partial charge in [-0.2, -0.15) is 0 Å². The van der Waals surface area contributed by atoms with Gasteiger partial charge in [0.25, 0.3) is 0 Å². The summed E-state index contributed by atoms with van der Waals surface area (Å²) >= 11 is 0. The summed E-state index contributed by atoms with van der Waals surface area (Å²) < 4.78 is 0.